The molecule has 1 aromatic heterocycles. The number of H-pyrrole nitrogens is 1. The molecule has 1 aliphatic heterocycles. The SMILES string of the molecule is Cc1ncc(S(=O)(=O)N2CCCCC2C(=N)N)[nH]1. The Bertz CT molecular complexity index is 550. The fraction of sp³-hybridized carbons (Fsp3) is 0.600. The van der Waals surface area contributed by atoms with Crippen molar-refractivity contribution in [1.29, 1.82) is 5.41 Å². The summed E-state index contributed by atoms with van der Waals surface area (Å²) >= 11 is 0. The summed E-state index contributed by atoms with van der Waals surface area (Å²) in [5, 5.41) is 7.58. The number of nitrogens with two attached hydrogens (primary N) is 1. The minimum Gasteiger partial charge on any atom is -0.386 e. The van der Waals surface area contributed by atoms with E-state index in [0.29, 0.717) is 18.8 Å². The molecule has 1 fully saturated rings. The Hall–Kier alpha value is -1.41. The van der Waals surface area contributed by atoms with Crippen LogP contribution in [0, 0.1) is 12.3 Å². The van der Waals surface area contributed by atoms with E-state index in [1.807, 2.05) is 0 Å². The van der Waals surface area contributed by atoms with Crippen LogP contribution in [-0.4, -0.2) is 41.1 Å². The molecule has 0 bridgehead atoms. The molecule has 0 saturated carbocycles. The quantitative estimate of drug-likeness (QED) is 0.537. The van der Waals surface area contributed by atoms with Crippen molar-refractivity contribution in [1.82, 2.24) is 14.3 Å². The van der Waals surface area contributed by atoms with Crippen molar-refractivity contribution in [3.63, 3.8) is 0 Å². The van der Waals surface area contributed by atoms with E-state index in [0.717, 1.165) is 12.8 Å². The third-order valence-corrected chi connectivity index (χ3v) is 4.90. The van der Waals surface area contributed by atoms with Gasteiger partial charge in [0.15, 0.2) is 5.03 Å². The smallest absolute Gasteiger partial charge is 0.260 e. The Labute approximate surface area is 106 Å². The zero-order valence-electron chi connectivity index (χ0n) is 10.2. The normalized spacial score (nSPS) is 21.9. The molecular formula is C10H17N5O2S. The monoisotopic (exact) mass is 271 g/mol. The summed E-state index contributed by atoms with van der Waals surface area (Å²) in [6, 6.07) is -0.535. The number of amidine groups is 1. The molecule has 4 N–H and O–H groups in total. The van der Waals surface area contributed by atoms with E-state index in [4.69, 9.17) is 11.1 Å². The van der Waals surface area contributed by atoms with Crippen molar-refractivity contribution in [3.8, 4) is 0 Å². The van der Waals surface area contributed by atoms with Crippen LogP contribution in [0.25, 0.3) is 0 Å². The number of nitrogens with one attached hydrogen (secondary N) is 2. The molecule has 7 nitrogen and oxygen atoms in total. The highest BCUT2D eigenvalue weighted by Gasteiger charge is 2.36. The van der Waals surface area contributed by atoms with Gasteiger partial charge < -0.3 is 10.7 Å². The molecule has 0 aromatic carbocycles. The van der Waals surface area contributed by atoms with Gasteiger partial charge in [0, 0.05) is 6.54 Å². The summed E-state index contributed by atoms with van der Waals surface area (Å²) in [4.78, 5) is 6.62. The first-order valence-corrected chi connectivity index (χ1v) is 7.24. The van der Waals surface area contributed by atoms with Gasteiger partial charge in [-0.1, -0.05) is 6.42 Å². The van der Waals surface area contributed by atoms with Crippen molar-refractivity contribution < 1.29 is 8.42 Å². The maximum Gasteiger partial charge on any atom is 0.260 e. The lowest BCUT2D eigenvalue weighted by atomic mass is 10.0. The first-order valence-electron chi connectivity index (χ1n) is 5.80. The minimum absolute atomic E-state index is 0.0631. The molecule has 18 heavy (non-hydrogen) atoms. The zero-order valence-corrected chi connectivity index (χ0v) is 11.0. The van der Waals surface area contributed by atoms with E-state index in [1.54, 1.807) is 6.92 Å². The molecule has 1 aromatic rings. The van der Waals surface area contributed by atoms with Crippen molar-refractivity contribution >= 4 is 15.9 Å². The number of aromatic nitrogens is 2. The molecule has 8 heteroatoms. The molecule has 2 rings (SSSR count). The number of sulfonamides is 1. The van der Waals surface area contributed by atoms with Crippen LogP contribution in [0.2, 0.25) is 0 Å². The fourth-order valence-corrected chi connectivity index (χ4v) is 3.80. The molecule has 100 valence electrons. The third-order valence-electron chi connectivity index (χ3n) is 3.08. The second-order valence-electron chi connectivity index (χ2n) is 4.42. The lowest BCUT2D eigenvalue weighted by Crippen LogP contribution is -2.50. The van der Waals surface area contributed by atoms with Crippen molar-refractivity contribution in [3.05, 3.63) is 12.0 Å². The van der Waals surface area contributed by atoms with Gasteiger partial charge in [-0.2, -0.15) is 4.31 Å². The van der Waals surface area contributed by atoms with Gasteiger partial charge in [-0.25, -0.2) is 13.4 Å². The maximum atomic E-state index is 12.4. The van der Waals surface area contributed by atoms with Crippen LogP contribution >= 0.6 is 0 Å². The molecule has 1 aliphatic rings. The highest BCUT2D eigenvalue weighted by molar-refractivity contribution is 7.89. The summed E-state index contributed by atoms with van der Waals surface area (Å²) in [6.45, 7) is 2.09. The van der Waals surface area contributed by atoms with E-state index >= 15 is 0 Å². The molecule has 1 unspecified atom stereocenters. The van der Waals surface area contributed by atoms with Crippen LogP contribution in [0.5, 0.6) is 0 Å². The summed E-state index contributed by atoms with van der Waals surface area (Å²) < 4.78 is 26.1. The number of hydrogen-bond donors (Lipinski definition) is 3. The Morgan fingerprint density at radius 1 is 1.61 bits per heavy atom. The number of imidazole rings is 1. The number of hydrogen-bond acceptors (Lipinski definition) is 4. The number of rotatable bonds is 3. The van der Waals surface area contributed by atoms with Gasteiger partial charge in [-0.3, -0.25) is 5.41 Å². The van der Waals surface area contributed by atoms with E-state index in [2.05, 4.69) is 9.97 Å². The van der Waals surface area contributed by atoms with E-state index in [1.165, 1.54) is 10.5 Å². The highest BCUT2D eigenvalue weighted by Crippen LogP contribution is 2.24. The van der Waals surface area contributed by atoms with Gasteiger partial charge in [-0.05, 0) is 19.8 Å². The molecule has 1 saturated heterocycles. The molecule has 1 atom stereocenters. The standard InChI is InChI=1S/C10H17N5O2S/c1-7-13-6-9(14-7)18(16,17)15-5-3-2-4-8(15)10(11)12/h6,8H,2-5H2,1H3,(H3,11,12)(H,13,14). The van der Waals surface area contributed by atoms with Crippen LogP contribution in [-0.2, 0) is 10.0 Å². The Morgan fingerprint density at radius 2 is 2.33 bits per heavy atom. The zero-order chi connectivity index (χ0) is 13.3. The molecule has 2 heterocycles. The predicted molar refractivity (Wildman–Crippen MR) is 66.8 cm³/mol. The summed E-state index contributed by atoms with van der Waals surface area (Å²) in [5.41, 5.74) is 5.49. The lowest BCUT2D eigenvalue weighted by molar-refractivity contribution is 0.303. The fourth-order valence-electron chi connectivity index (χ4n) is 2.16. The van der Waals surface area contributed by atoms with Crippen LogP contribution in [0.1, 0.15) is 25.1 Å². The van der Waals surface area contributed by atoms with E-state index in [-0.39, 0.29) is 10.9 Å². The first kappa shape index (κ1) is 13.0. The van der Waals surface area contributed by atoms with Gasteiger partial charge in [-0.15, -0.1) is 0 Å². The van der Waals surface area contributed by atoms with Gasteiger partial charge in [0.1, 0.15) is 11.7 Å². The van der Waals surface area contributed by atoms with E-state index < -0.39 is 16.1 Å². The Balaban J connectivity index is 2.36. The van der Waals surface area contributed by atoms with Gasteiger partial charge >= 0.3 is 0 Å². The topological polar surface area (TPSA) is 116 Å². The minimum atomic E-state index is -3.64. The van der Waals surface area contributed by atoms with Crippen molar-refractivity contribution in [2.45, 2.75) is 37.3 Å². The number of aromatic amines is 1. The Kier molecular flexibility index (Phi) is 3.40. The first-order chi connectivity index (χ1) is 8.43. The molecule has 0 amide bonds. The number of piperidine rings is 1. The molecule has 0 aliphatic carbocycles. The molecule has 0 radical (unpaired) electrons. The average molecular weight is 271 g/mol. The Morgan fingerprint density at radius 3 is 2.89 bits per heavy atom. The van der Waals surface area contributed by atoms with Crippen molar-refractivity contribution in [2.24, 2.45) is 5.73 Å². The van der Waals surface area contributed by atoms with Crippen LogP contribution in [0.3, 0.4) is 0 Å². The van der Waals surface area contributed by atoms with Crippen LogP contribution in [0.15, 0.2) is 11.2 Å². The summed E-state index contributed by atoms with van der Waals surface area (Å²) in [5.74, 6) is 0.444. The maximum absolute atomic E-state index is 12.4. The molecular weight excluding hydrogens is 254 g/mol. The average Bonchev–Trinajstić information content (AvgIpc) is 2.76. The number of nitrogens with zero attached hydrogens (tertiary/aromatic N) is 2. The second-order valence-corrected chi connectivity index (χ2v) is 6.27. The van der Waals surface area contributed by atoms with Gasteiger partial charge in [0.05, 0.1) is 12.2 Å². The van der Waals surface area contributed by atoms with Crippen molar-refractivity contribution in [2.75, 3.05) is 6.54 Å². The largest absolute Gasteiger partial charge is 0.386 e. The number of aryl methyl sites for hydroxylation is 1. The summed E-state index contributed by atoms with van der Waals surface area (Å²) in [6.07, 6.45) is 3.58. The molecule has 0 spiro atoms. The second kappa shape index (κ2) is 4.69. The highest BCUT2D eigenvalue weighted by atomic mass is 32.2. The summed E-state index contributed by atoms with van der Waals surface area (Å²) in [7, 11) is -3.64. The van der Waals surface area contributed by atoms with E-state index in [9.17, 15) is 8.42 Å². The van der Waals surface area contributed by atoms with Gasteiger partial charge in [0.25, 0.3) is 10.0 Å². The lowest BCUT2D eigenvalue weighted by Gasteiger charge is -2.33. The van der Waals surface area contributed by atoms with Gasteiger partial charge in [0.2, 0.25) is 0 Å². The predicted octanol–water partition coefficient (Wildman–Crippen LogP) is 0.197. The third kappa shape index (κ3) is 2.25. The van der Waals surface area contributed by atoms with Crippen LogP contribution < -0.4 is 5.73 Å². The van der Waals surface area contributed by atoms with Crippen LogP contribution in [0.4, 0.5) is 0 Å².